The van der Waals surface area contributed by atoms with Crippen molar-refractivity contribution in [2.45, 2.75) is 19.5 Å². The van der Waals surface area contributed by atoms with Crippen LogP contribution in [0.5, 0.6) is 0 Å². The highest BCUT2D eigenvalue weighted by molar-refractivity contribution is 9.10. The maximum atomic E-state index is 4.10. The van der Waals surface area contributed by atoms with Gasteiger partial charge in [-0.25, -0.2) is 4.98 Å². The minimum atomic E-state index is 0.306. The summed E-state index contributed by atoms with van der Waals surface area (Å²) in [6.07, 6.45) is 3.71. The zero-order valence-electron chi connectivity index (χ0n) is 10.0. The van der Waals surface area contributed by atoms with E-state index >= 15 is 0 Å². The molecule has 0 aliphatic heterocycles. The van der Waals surface area contributed by atoms with Crippen molar-refractivity contribution in [3.8, 4) is 0 Å². The normalized spacial score (nSPS) is 12.6. The lowest BCUT2D eigenvalue weighted by Gasteiger charge is -2.15. The van der Waals surface area contributed by atoms with Crippen LogP contribution < -0.4 is 5.32 Å². The first kappa shape index (κ1) is 12.3. The van der Waals surface area contributed by atoms with Crippen LogP contribution in [-0.2, 0) is 13.6 Å². The molecule has 0 aliphatic rings. The standard InChI is InChI=1S/C13H16BrN3/c1-10(12-5-3-4-6-13(12)14)16-8-11-7-15-9-17(11)2/h3-7,9-10,16H,8H2,1-2H3/t10-/m1/s1. The van der Waals surface area contributed by atoms with E-state index in [4.69, 9.17) is 0 Å². The summed E-state index contributed by atoms with van der Waals surface area (Å²) < 4.78 is 3.17. The van der Waals surface area contributed by atoms with Crippen molar-refractivity contribution in [2.24, 2.45) is 7.05 Å². The molecule has 0 radical (unpaired) electrons. The molecule has 2 aromatic rings. The van der Waals surface area contributed by atoms with Crippen molar-refractivity contribution in [3.05, 3.63) is 52.5 Å². The topological polar surface area (TPSA) is 29.9 Å². The number of halogens is 1. The predicted molar refractivity (Wildman–Crippen MR) is 72.6 cm³/mol. The molecule has 0 fully saturated rings. The lowest BCUT2D eigenvalue weighted by molar-refractivity contribution is 0.556. The van der Waals surface area contributed by atoms with Crippen molar-refractivity contribution in [2.75, 3.05) is 0 Å². The van der Waals surface area contributed by atoms with E-state index in [-0.39, 0.29) is 0 Å². The highest BCUT2D eigenvalue weighted by Crippen LogP contribution is 2.22. The Balaban J connectivity index is 2.01. The fourth-order valence-corrected chi connectivity index (χ4v) is 2.38. The molecule has 1 aromatic heterocycles. The van der Waals surface area contributed by atoms with E-state index in [2.05, 4.69) is 51.4 Å². The van der Waals surface area contributed by atoms with Gasteiger partial charge in [-0.2, -0.15) is 0 Å². The van der Waals surface area contributed by atoms with Gasteiger partial charge in [0, 0.05) is 30.3 Å². The predicted octanol–water partition coefficient (Wildman–Crippen LogP) is 3.03. The van der Waals surface area contributed by atoms with E-state index in [9.17, 15) is 0 Å². The zero-order chi connectivity index (χ0) is 12.3. The number of nitrogens with zero attached hydrogens (tertiary/aromatic N) is 2. The van der Waals surface area contributed by atoms with Crippen LogP contribution in [-0.4, -0.2) is 9.55 Å². The van der Waals surface area contributed by atoms with Gasteiger partial charge < -0.3 is 9.88 Å². The van der Waals surface area contributed by atoms with Crippen LogP contribution in [0.3, 0.4) is 0 Å². The summed E-state index contributed by atoms with van der Waals surface area (Å²) in [4.78, 5) is 4.10. The maximum absolute atomic E-state index is 4.10. The largest absolute Gasteiger partial charge is 0.337 e. The van der Waals surface area contributed by atoms with Crippen LogP contribution in [0, 0.1) is 0 Å². The molecule has 1 heterocycles. The molecule has 0 unspecified atom stereocenters. The lowest BCUT2D eigenvalue weighted by Crippen LogP contribution is -2.19. The number of aryl methyl sites for hydroxylation is 1. The number of hydrogen-bond acceptors (Lipinski definition) is 2. The van der Waals surface area contributed by atoms with E-state index in [1.165, 1.54) is 11.3 Å². The second-order valence-corrected chi connectivity index (χ2v) is 4.97. The van der Waals surface area contributed by atoms with E-state index in [0.717, 1.165) is 11.0 Å². The molecular weight excluding hydrogens is 278 g/mol. The second kappa shape index (κ2) is 5.47. The fourth-order valence-electron chi connectivity index (χ4n) is 1.75. The van der Waals surface area contributed by atoms with Crippen LogP contribution in [0.15, 0.2) is 41.3 Å². The first-order valence-corrected chi connectivity index (χ1v) is 6.41. The molecule has 1 N–H and O–H groups in total. The maximum Gasteiger partial charge on any atom is 0.0945 e. The van der Waals surface area contributed by atoms with E-state index in [1.807, 2.05) is 30.2 Å². The molecule has 90 valence electrons. The van der Waals surface area contributed by atoms with Crippen molar-refractivity contribution in [3.63, 3.8) is 0 Å². The Bertz CT molecular complexity index is 493. The summed E-state index contributed by atoms with van der Waals surface area (Å²) in [5, 5.41) is 3.49. The molecule has 1 atom stereocenters. The van der Waals surface area contributed by atoms with Gasteiger partial charge in [-0.3, -0.25) is 0 Å². The Morgan fingerprint density at radius 3 is 2.82 bits per heavy atom. The molecular formula is C13H16BrN3. The monoisotopic (exact) mass is 293 g/mol. The highest BCUT2D eigenvalue weighted by Gasteiger charge is 2.08. The van der Waals surface area contributed by atoms with Gasteiger partial charge in [0.15, 0.2) is 0 Å². The summed E-state index contributed by atoms with van der Waals surface area (Å²) in [5.74, 6) is 0. The summed E-state index contributed by atoms with van der Waals surface area (Å²) in [6.45, 7) is 2.98. The van der Waals surface area contributed by atoms with Gasteiger partial charge in [0.2, 0.25) is 0 Å². The van der Waals surface area contributed by atoms with Gasteiger partial charge in [0.25, 0.3) is 0 Å². The van der Waals surface area contributed by atoms with Crippen LogP contribution in [0.25, 0.3) is 0 Å². The van der Waals surface area contributed by atoms with Crippen molar-refractivity contribution >= 4 is 15.9 Å². The third-order valence-corrected chi connectivity index (χ3v) is 3.60. The van der Waals surface area contributed by atoms with Gasteiger partial charge in [0.1, 0.15) is 0 Å². The number of benzene rings is 1. The average Bonchev–Trinajstić information content (AvgIpc) is 2.72. The molecule has 2 rings (SSSR count). The molecule has 1 aromatic carbocycles. The van der Waals surface area contributed by atoms with Crippen molar-refractivity contribution < 1.29 is 0 Å². The SMILES string of the molecule is C[C@@H](NCc1cncn1C)c1ccccc1Br. The number of rotatable bonds is 4. The Hall–Kier alpha value is -1.13. The lowest BCUT2D eigenvalue weighted by atomic mass is 10.1. The second-order valence-electron chi connectivity index (χ2n) is 4.12. The molecule has 17 heavy (non-hydrogen) atoms. The van der Waals surface area contributed by atoms with Gasteiger partial charge in [0.05, 0.1) is 12.0 Å². The van der Waals surface area contributed by atoms with Gasteiger partial charge in [-0.15, -0.1) is 0 Å². The van der Waals surface area contributed by atoms with Crippen LogP contribution in [0.1, 0.15) is 24.2 Å². The van der Waals surface area contributed by atoms with Crippen LogP contribution in [0.4, 0.5) is 0 Å². The minimum absolute atomic E-state index is 0.306. The van der Waals surface area contributed by atoms with Crippen molar-refractivity contribution in [1.29, 1.82) is 0 Å². The summed E-state index contributed by atoms with van der Waals surface area (Å²) >= 11 is 3.57. The molecule has 4 heteroatoms. The third-order valence-electron chi connectivity index (χ3n) is 2.88. The number of aromatic nitrogens is 2. The molecule has 0 amide bonds. The Labute approximate surface area is 110 Å². The van der Waals surface area contributed by atoms with Gasteiger partial charge in [-0.1, -0.05) is 34.1 Å². The highest BCUT2D eigenvalue weighted by atomic mass is 79.9. The number of hydrogen-bond donors (Lipinski definition) is 1. The molecule has 0 bridgehead atoms. The van der Waals surface area contributed by atoms with Crippen molar-refractivity contribution in [1.82, 2.24) is 14.9 Å². The molecule has 0 saturated carbocycles. The number of imidazole rings is 1. The molecule has 0 saturated heterocycles. The molecule has 3 nitrogen and oxygen atoms in total. The quantitative estimate of drug-likeness (QED) is 0.939. The third kappa shape index (κ3) is 2.96. The van der Waals surface area contributed by atoms with Crippen LogP contribution in [0.2, 0.25) is 0 Å². The van der Waals surface area contributed by atoms with E-state index in [0.29, 0.717) is 6.04 Å². The Morgan fingerprint density at radius 2 is 2.18 bits per heavy atom. The van der Waals surface area contributed by atoms with Gasteiger partial charge in [-0.05, 0) is 18.6 Å². The zero-order valence-corrected chi connectivity index (χ0v) is 11.6. The van der Waals surface area contributed by atoms with E-state index in [1.54, 1.807) is 0 Å². The molecule has 0 spiro atoms. The fraction of sp³-hybridized carbons (Fsp3) is 0.308. The first-order valence-electron chi connectivity index (χ1n) is 5.61. The summed E-state index contributed by atoms with van der Waals surface area (Å²) in [7, 11) is 2.01. The Kier molecular flexibility index (Phi) is 3.97. The minimum Gasteiger partial charge on any atom is -0.337 e. The summed E-state index contributed by atoms with van der Waals surface area (Å²) in [5.41, 5.74) is 2.46. The molecule has 0 aliphatic carbocycles. The average molecular weight is 294 g/mol. The van der Waals surface area contributed by atoms with Gasteiger partial charge >= 0.3 is 0 Å². The Morgan fingerprint density at radius 1 is 1.41 bits per heavy atom. The number of nitrogens with one attached hydrogen (secondary N) is 1. The first-order chi connectivity index (χ1) is 8.18. The van der Waals surface area contributed by atoms with Crippen LogP contribution >= 0.6 is 15.9 Å². The van der Waals surface area contributed by atoms with E-state index < -0.39 is 0 Å². The summed E-state index contributed by atoms with van der Waals surface area (Å²) in [6, 6.07) is 8.59. The smallest absolute Gasteiger partial charge is 0.0945 e.